The van der Waals surface area contributed by atoms with Crippen LogP contribution in [0.4, 0.5) is 11.8 Å². The number of anilines is 2. The first-order chi connectivity index (χ1) is 9.60. The van der Waals surface area contributed by atoms with Gasteiger partial charge in [-0.25, -0.2) is 15.0 Å². The maximum atomic E-state index is 11.9. The van der Waals surface area contributed by atoms with Gasteiger partial charge in [-0.15, -0.1) is 5.10 Å². The Labute approximate surface area is 116 Å². The van der Waals surface area contributed by atoms with Crippen LogP contribution in [-0.4, -0.2) is 37.6 Å². The van der Waals surface area contributed by atoms with Crippen LogP contribution >= 0.6 is 0 Å². The lowest BCUT2D eigenvalue weighted by molar-refractivity contribution is 0.102. The monoisotopic (exact) mass is 273 g/mol. The minimum Gasteiger partial charge on any atom is -0.369 e. The van der Waals surface area contributed by atoms with E-state index in [0.29, 0.717) is 11.5 Å². The Kier molecular flexibility index (Phi) is 4.14. The van der Waals surface area contributed by atoms with Crippen LogP contribution in [0.5, 0.6) is 0 Å². The first kappa shape index (κ1) is 13.8. The molecule has 0 aliphatic rings. The number of hydrogen-bond donors (Lipinski definition) is 2. The van der Waals surface area contributed by atoms with Gasteiger partial charge in [-0.05, 0) is 20.8 Å². The van der Waals surface area contributed by atoms with Gasteiger partial charge in [0.1, 0.15) is 11.5 Å². The topological polar surface area (TPSA) is 106 Å². The normalized spacial score (nSPS) is 10.2. The number of nitrogens with zero attached hydrogens (tertiary/aromatic N) is 5. The first-order valence-corrected chi connectivity index (χ1v) is 6.15. The van der Waals surface area contributed by atoms with Crippen molar-refractivity contribution in [3.05, 3.63) is 29.5 Å². The van der Waals surface area contributed by atoms with Crippen LogP contribution in [0, 0.1) is 13.8 Å². The van der Waals surface area contributed by atoms with Crippen molar-refractivity contribution in [2.45, 2.75) is 20.8 Å². The van der Waals surface area contributed by atoms with Gasteiger partial charge in [0.05, 0.1) is 23.8 Å². The molecule has 2 heterocycles. The van der Waals surface area contributed by atoms with Gasteiger partial charge in [-0.2, -0.15) is 5.10 Å². The summed E-state index contributed by atoms with van der Waals surface area (Å²) in [7, 11) is 0. The van der Waals surface area contributed by atoms with E-state index in [-0.39, 0.29) is 11.6 Å². The lowest BCUT2D eigenvalue weighted by Gasteiger charge is -2.05. The maximum absolute atomic E-state index is 11.9. The van der Waals surface area contributed by atoms with Crippen molar-refractivity contribution in [3.63, 3.8) is 0 Å². The summed E-state index contributed by atoms with van der Waals surface area (Å²) >= 11 is 0. The number of nitrogens with one attached hydrogen (secondary N) is 2. The number of aryl methyl sites for hydroxylation is 2. The van der Waals surface area contributed by atoms with Crippen LogP contribution in [0.2, 0.25) is 0 Å². The van der Waals surface area contributed by atoms with Crippen molar-refractivity contribution >= 4 is 17.7 Å². The van der Waals surface area contributed by atoms with E-state index < -0.39 is 5.91 Å². The molecule has 20 heavy (non-hydrogen) atoms. The minimum atomic E-state index is -0.425. The van der Waals surface area contributed by atoms with Gasteiger partial charge < -0.3 is 5.32 Å². The second-order valence-corrected chi connectivity index (χ2v) is 4.08. The summed E-state index contributed by atoms with van der Waals surface area (Å²) in [5, 5.41) is 13.2. The van der Waals surface area contributed by atoms with Crippen molar-refractivity contribution in [2.24, 2.45) is 0 Å². The van der Waals surface area contributed by atoms with Gasteiger partial charge in [0.25, 0.3) is 5.91 Å². The molecule has 0 atom stereocenters. The third-order valence-electron chi connectivity index (χ3n) is 2.56. The molecule has 0 aliphatic carbocycles. The largest absolute Gasteiger partial charge is 0.369 e. The molecule has 8 nitrogen and oxygen atoms in total. The van der Waals surface area contributed by atoms with Crippen LogP contribution in [0.1, 0.15) is 28.8 Å². The number of hydrogen-bond acceptors (Lipinski definition) is 7. The zero-order valence-electron chi connectivity index (χ0n) is 11.5. The quantitative estimate of drug-likeness (QED) is 0.854. The lowest BCUT2D eigenvalue weighted by Crippen LogP contribution is -2.17. The molecule has 1 amide bonds. The van der Waals surface area contributed by atoms with Crippen LogP contribution in [0.3, 0.4) is 0 Å². The second-order valence-electron chi connectivity index (χ2n) is 4.08. The molecule has 2 aromatic rings. The molecule has 0 saturated heterocycles. The Morgan fingerprint density at radius 2 is 1.95 bits per heavy atom. The fourth-order valence-electron chi connectivity index (χ4n) is 1.39. The number of carbonyl (C=O) groups is 1. The fourth-order valence-corrected chi connectivity index (χ4v) is 1.39. The predicted molar refractivity (Wildman–Crippen MR) is 73.4 cm³/mol. The average molecular weight is 273 g/mol. The average Bonchev–Trinajstić information content (AvgIpc) is 2.44. The smallest absolute Gasteiger partial charge is 0.278 e. The Bertz CT molecular complexity index is 612. The van der Waals surface area contributed by atoms with E-state index in [1.807, 2.05) is 6.92 Å². The van der Waals surface area contributed by atoms with Gasteiger partial charge in [0.15, 0.2) is 0 Å². The Morgan fingerprint density at radius 1 is 1.15 bits per heavy atom. The standard InChI is InChI=1S/C12H15N7O/c1-4-13-10-6-14-9(5-15-10)11(20)17-12-16-7(2)8(3)18-19-12/h5-6H,4H2,1-3H3,(H,13,15)(H,16,17,19,20). The van der Waals surface area contributed by atoms with E-state index in [1.165, 1.54) is 12.4 Å². The lowest BCUT2D eigenvalue weighted by atomic mass is 10.4. The van der Waals surface area contributed by atoms with Crippen molar-refractivity contribution < 1.29 is 4.79 Å². The molecule has 0 aromatic carbocycles. The summed E-state index contributed by atoms with van der Waals surface area (Å²) in [4.78, 5) is 24.1. The molecule has 2 N–H and O–H groups in total. The van der Waals surface area contributed by atoms with Gasteiger partial charge in [-0.1, -0.05) is 0 Å². The SMILES string of the molecule is CCNc1cnc(C(=O)Nc2nnc(C)c(C)n2)cn1. The van der Waals surface area contributed by atoms with Crippen LogP contribution in [0.25, 0.3) is 0 Å². The molecule has 0 unspecified atom stereocenters. The van der Waals surface area contributed by atoms with E-state index >= 15 is 0 Å². The number of rotatable bonds is 4. The highest BCUT2D eigenvalue weighted by Crippen LogP contribution is 2.05. The van der Waals surface area contributed by atoms with E-state index in [4.69, 9.17) is 0 Å². The maximum Gasteiger partial charge on any atom is 0.278 e. The van der Waals surface area contributed by atoms with Crippen molar-refractivity contribution in [2.75, 3.05) is 17.2 Å². The Hall–Kier alpha value is -2.64. The first-order valence-electron chi connectivity index (χ1n) is 6.15. The van der Waals surface area contributed by atoms with Crippen LogP contribution in [0.15, 0.2) is 12.4 Å². The molecular formula is C12H15N7O. The summed E-state index contributed by atoms with van der Waals surface area (Å²) < 4.78 is 0. The van der Waals surface area contributed by atoms with Gasteiger partial charge >= 0.3 is 0 Å². The van der Waals surface area contributed by atoms with Gasteiger partial charge in [-0.3, -0.25) is 10.1 Å². The molecule has 104 valence electrons. The predicted octanol–water partition coefficient (Wildman–Crippen LogP) is 0.963. The van der Waals surface area contributed by atoms with E-state index in [9.17, 15) is 4.79 Å². The molecule has 0 spiro atoms. The van der Waals surface area contributed by atoms with E-state index in [1.54, 1.807) is 13.8 Å². The fraction of sp³-hybridized carbons (Fsp3) is 0.333. The zero-order chi connectivity index (χ0) is 14.5. The second kappa shape index (κ2) is 6.00. The Balaban J connectivity index is 2.09. The van der Waals surface area contributed by atoms with Gasteiger partial charge in [0, 0.05) is 6.54 Å². The minimum absolute atomic E-state index is 0.149. The molecule has 0 fully saturated rings. The molecule has 0 saturated carbocycles. The third kappa shape index (κ3) is 3.22. The summed E-state index contributed by atoms with van der Waals surface area (Å²) in [5.74, 6) is 0.342. The number of carbonyl (C=O) groups excluding carboxylic acids is 1. The van der Waals surface area contributed by atoms with Crippen LogP contribution < -0.4 is 10.6 Å². The molecule has 0 aliphatic heterocycles. The highest BCUT2D eigenvalue weighted by Gasteiger charge is 2.11. The molecular weight excluding hydrogens is 258 g/mol. The number of aromatic nitrogens is 5. The molecule has 0 radical (unpaired) electrons. The number of amides is 1. The van der Waals surface area contributed by atoms with Crippen molar-refractivity contribution in [3.8, 4) is 0 Å². The summed E-state index contributed by atoms with van der Waals surface area (Å²) in [6, 6.07) is 0. The Morgan fingerprint density at radius 3 is 2.55 bits per heavy atom. The summed E-state index contributed by atoms with van der Waals surface area (Å²) in [6.45, 7) is 6.28. The highest BCUT2D eigenvalue weighted by molar-refractivity contribution is 6.01. The molecule has 2 rings (SSSR count). The van der Waals surface area contributed by atoms with E-state index in [2.05, 4.69) is 35.8 Å². The van der Waals surface area contributed by atoms with Gasteiger partial charge in [0.2, 0.25) is 5.95 Å². The molecule has 8 heteroatoms. The van der Waals surface area contributed by atoms with E-state index in [0.717, 1.165) is 12.2 Å². The summed E-state index contributed by atoms with van der Waals surface area (Å²) in [5.41, 5.74) is 1.62. The van der Waals surface area contributed by atoms with Crippen molar-refractivity contribution in [1.29, 1.82) is 0 Å². The third-order valence-corrected chi connectivity index (χ3v) is 2.56. The zero-order valence-corrected chi connectivity index (χ0v) is 11.5. The summed E-state index contributed by atoms with van der Waals surface area (Å²) in [6.07, 6.45) is 2.89. The highest BCUT2D eigenvalue weighted by atomic mass is 16.2. The molecule has 0 bridgehead atoms. The van der Waals surface area contributed by atoms with Crippen molar-refractivity contribution in [1.82, 2.24) is 25.1 Å². The molecule has 2 aromatic heterocycles. The van der Waals surface area contributed by atoms with Crippen LogP contribution in [-0.2, 0) is 0 Å².